The van der Waals surface area contributed by atoms with Crippen LogP contribution in [0, 0.1) is 0 Å². The van der Waals surface area contributed by atoms with E-state index in [2.05, 4.69) is 19.1 Å². The Morgan fingerprint density at radius 2 is 1.07 bits per heavy atom. The van der Waals surface area contributed by atoms with E-state index >= 15 is 0 Å². The van der Waals surface area contributed by atoms with Crippen LogP contribution in [-0.2, 0) is 9.53 Å². The average Bonchev–Trinajstić information content (AvgIpc) is 3.29. The Morgan fingerprint density at radius 1 is 0.634 bits per heavy atom. The van der Waals surface area contributed by atoms with E-state index in [0.717, 1.165) is 44.1 Å². The molecule has 0 spiro atoms. The van der Waals surface area contributed by atoms with Crippen LogP contribution in [0.4, 0.5) is 0 Å². The summed E-state index contributed by atoms with van der Waals surface area (Å²) in [5.41, 5.74) is 0.862. The summed E-state index contributed by atoms with van der Waals surface area (Å²) < 4.78 is 5.14. The van der Waals surface area contributed by atoms with Gasteiger partial charge >= 0.3 is 5.97 Å². The van der Waals surface area contributed by atoms with Gasteiger partial charge in [-0.15, -0.1) is 0 Å². The predicted molar refractivity (Wildman–Crippen MR) is 175 cm³/mol. The lowest BCUT2D eigenvalue weighted by molar-refractivity contribution is -0.139. The molecule has 2 N–H and O–H groups in total. The zero-order valence-corrected chi connectivity index (χ0v) is 27.3. The van der Waals surface area contributed by atoms with Gasteiger partial charge in [-0.3, -0.25) is 0 Å². The van der Waals surface area contributed by atoms with Crippen molar-refractivity contribution in [2.75, 3.05) is 0 Å². The van der Waals surface area contributed by atoms with Crippen molar-refractivity contribution in [3.8, 4) is 0 Å². The lowest BCUT2D eigenvalue weighted by atomic mass is 10.0. The first-order chi connectivity index (χ1) is 20.0. The molecule has 0 fully saturated rings. The molecule has 4 heteroatoms. The molecule has 0 aromatic heterocycles. The van der Waals surface area contributed by atoms with Crippen LogP contribution in [0.2, 0.25) is 0 Å². The predicted octanol–water partition coefficient (Wildman–Crippen LogP) is 10.7. The molecule has 0 aromatic carbocycles. The quantitative estimate of drug-likeness (QED) is 0.0507. The van der Waals surface area contributed by atoms with Gasteiger partial charge in [-0.25, -0.2) is 4.79 Å². The minimum absolute atomic E-state index is 0.0485. The topological polar surface area (TPSA) is 66.8 Å². The van der Waals surface area contributed by atoms with Gasteiger partial charge in [0.25, 0.3) is 0 Å². The summed E-state index contributed by atoms with van der Waals surface area (Å²) in [4.78, 5) is 11.6. The van der Waals surface area contributed by atoms with Gasteiger partial charge in [0.2, 0.25) is 0 Å². The van der Waals surface area contributed by atoms with Crippen LogP contribution < -0.4 is 0 Å². The third-order valence-electron chi connectivity index (χ3n) is 8.65. The second kappa shape index (κ2) is 27.7. The molecule has 41 heavy (non-hydrogen) atoms. The van der Waals surface area contributed by atoms with E-state index in [-0.39, 0.29) is 12.1 Å². The SMILES string of the molecule is CCCCCCCCCCCCCCCC=CCCC(O)C(O)CCCCCCCCCCCC1=CC(C)OC1=O. The first kappa shape index (κ1) is 37.9. The van der Waals surface area contributed by atoms with E-state index in [1.54, 1.807) is 0 Å². The Kier molecular flexibility index (Phi) is 25.6. The van der Waals surface area contributed by atoms with Crippen LogP contribution in [0.1, 0.15) is 187 Å². The summed E-state index contributed by atoms with van der Waals surface area (Å²) in [6.45, 7) is 4.19. The Hall–Kier alpha value is -1.13. The van der Waals surface area contributed by atoms with Crippen molar-refractivity contribution < 1.29 is 19.7 Å². The largest absolute Gasteiger partial charge is 0.455 e. The number of rotatable bonds is 30. The summed E-state index contributed by atoms with van der Waals surface area (Å²) in [6, 6.07) is 0. The monoisotopic (exact) mass is 577 g/mol. The highest BCUT2D eigenvalue weighted by atomic mass is 16.5. The third-order valence-corrected chi connectivity index (χ3v) is 8.65. The van der Waals surface area contributed by atoms with Crippen LogP contribution in [-0.4, -0.2) is 34.5 Å². The summed E-state index contributed by atoms with van der Waals surface area (Å²) in [7, 11) is 0. The first-order valence-electron chi connectivity index (χ1n) is 18.0. The number of allylic oxidation sites excluding steroid dienone is 2. The first-order valence-corrected chi connectivity index (χ1v) is 18.0. The molecule has 1 heterocycles. The number of carbonyl (C=O) groups is 1. The van der Waals surface area contributed by atoms with Crippen LogP contribution in [0.5, 0.6) is 0 Å². The number of esters is 1. The van der Waals surface area contributed by atoms with Crippen molar-refractivity contribution in [2.45, 2.75) is 206 Å². The van der Waals surface area contributed by atoms with Crippen molar-refractivity contribution in [3.63, 3.8) is 0 Å². The molecule has 0 aliphatic carbocycles. The Labute approximate surface area is 254 Å². The van der Waals surface area contributed by atoms with E-state index in [0.29, 0.717) is 12.8 Å². The Morgan fingerprint density at radius 3 is 1.59 bits per heavy atom. The molecule has 0 saturated carbocycles. The van der Waals surface area contributed by atoms with Crippen LogP contribution >= 0.6 is 0 Å². The van der Waals surface area contributed by atoms with Gasteiger partial charge in [0.1, 0.15) is 6.10 Å². The highest BCUT2D eigenvalue weighted by molar-refractivity contribution is 5.90. The molecule has 240 valence electrons. The number of carbonyl (C=O) groups excluding carboxylic acids is 1. The minimum atomic E-state index is -0.596. The van der Waals surface area contributed by atoms with E-state index in [4.69, 9.17) is 4.74 Å². The van der Waals surface area contributed by atoms with E-state index in [9.17, 15) is 15.0 Å². The highest BCUT2D eigenvalue weighted by Gasteiger charge is 2.21. The van der Waals surface area contributed by atoms with Gasteiger partial charge in [0.15, 0.2) is 0 Å². The summed E-state index contributed by atoms with van der Waals surface area (Å²) >= 11 is 0. The fourth-order valence-electron chi connectivity index (χ4n) is 5.89. The fraction of sp³-hybridized carbons (Fsp3) is 0.865. The van der Waals surface area contributed by atoms with Crippen molar-refractivity contribution >= 4 is 5.97 Å². The Balaban J connectivity index is 1.80. The molecule has 0 aromatic rings. The maximum atomic E-state index is 11.6. The molecule has 4 nitrogen and oxygen atoms in total. The molecule has 3 unspecified atom stereocenters. The maximum Gasteiger partial charge on any atom is 0.334 e. The van der Waals surface area contributed by atoms with Gasteiger partial charge in [-0.05, 0) is 57.9 Å². The molecule has 3 atom stereocenters. The molecule has 0 radical (unpaired) electrons. The number of aliphatic hydroxyl groups is 2. The van der Waals surface area contributed by atoms with E-state index in [1.807, 2.05) is 13.0 Å². The minimum Gasteiger partial charge on any atom is -0.455 e. The second-order valence-electron chi connectivity index (χ2n) is 12.7. The summed E-state index contributed by atoms with van der Waals surface area (Å²) in [6.07, 6.45) is 38.1. The number of ether oxygens (including phenoxy) is 1. The van der Waals surface area contributed by atoms with Crippen LogP contribution in [0.15, 0.2) is 23.8 Å². The van der Waals surface area contributed by atoms with E-state index < -0.39 is 12.2 Å². The lowest BCUT2D eigenvalue weighted by Crippen LogP contribution is -2.25. The van der Waals surface area contributed by atoms with Crippen molar-refractivity contribution in [2.24, 2.45) is 0 Å². The highest BCUT2D eigenvalue weighted by Crippen LogP contribution is 2.20. The van der Waals surface area contributed by atoms with Crippen molar-refractivity contribution in [1.29, 1.82) is 0 Å². The van der Waals surface area contributed by atoms with Gasteiger partial charge in [0, 0.05) is 5.57 Å². The van der Waals surface area contributed by atoms with Crippen LogP contribution in [0.25, 0.3) is 0 Å². The maximum absolute atomic E-state index is 11.6. The van der Waals surface area contributed by atoms with Gasteiger partial charge < -0.3 is 14.9 Å². The zero-order valence-electron chi connectivity index (χ0n) is 27.3. The number of aliphatic hydroxyl groups excluding tert-OH is 2. The van der Waals surface area contributed by atoms with Crippen molar-refractivity contribution in [3.05, 3.63) is 23.8 Å². The number of hydrogen-bond donors (Lipinski definition) is 2. The molecule has 1 rings (SSSR count). The molecular formula is C37H68O4. The number of unbranched alkanes of at least 4 members (excludes halogenated alkanes) is 21. The molecule has 0 amide bonds. The molecule has 0 bridgehead atoms. The normalized spacial score (nSPS) is 16.8. The molecular weight excluding hydrogens is 508 g/mol. The standard InChI is InChI=1S/C37H68O4/c1-3-4-5-6-7-8-9-10-11-12-13-14-15-18-21-24-27-30-35(38)36(39)31-28-25-22-19-16-17-20-23-26-29-34-32-33(2)41-37(34)40/h21,24,32-33,35-36,38-39H,3-20,22-23,25-31H2,1-2H3. The van der Waals surface area contributed by atoms with E-state index in [1.165, 1.54) is 122 Å². The van der Waals surface area contributed by atoms with Gasteiger partial charge in [-0.1, -0.05) is 147 Å². The third kappa shape index (κ3) is 23.1. The van der Waals surface area contributed by atoms with Crippen LogP contribution in [0.3, 0.4) is 0 Å². The average molecular weight is 577 g/mol. The summed E-state index contributed by atoms with van der Waals surface area (Å²) in [5, 5.41) is 20.5. The smallest absolute Gasteiger partial charge is 0.334 e. The van der Waals surface area contributed by atoms with Crippen molar-refractivity contribution in [1.82, 2.24) is 0 Å². The number of cyclic esters (lactones) is 1. The fourth-order valence-corrected chi connectivity index (χ4v) is 5.89. The molecule has 0 saturated heterocycles. The molecule has 1 aliphatic rings. The van der Waals surface area contributed by atoms with Gasteiger partial charge in [-0.2, -0.15) is 0 Å². The molecule has 1 aliphatic heterocycles. The zero-order chi connectivity index (χ0) is 29.8. The second-order valence-corrected chi connectivity index (χ2v) is 12.7. The van der Waals surface area contributed by atoms with Gasteiger partial charge in [0.05, 0.1) is 12.2 Å². The summed E-state index contributed by atoms with van der Waals surface area (Å²) in [5.74, 6) is -0.123. The Bertz CT molecular complexity index is 655. The number of hydrogen-bond acceptors (Lipinski definition) is 4. The lowest BCUT2D eigenvalue weighted by Gasteiger charge is -2.17.